The fourth-order valence-electron chi connectivity index (χ4n) is 3.31. The Kier molecular flexibility index (Phi) is 3.90. The molecule has 6 nitrogen and oxygen atoms in total. The number of hydrogen-bond donors (Lipinski definition) is 3. The van der Waals surface area contributed by atoms with Gasteiger partial charge in [0, 0.05) is 6.20 Å². The number of thiophene rings is 1. The summed E-state index contributed by atoms with van der Waals surface area (Å²) in [6, 6.07) is 10.6. The molecule has 130 valence electrons. The first-order chi connectivity index (χ1) is 11.9. The normalized spacial score (nSPS) is 19.9. The highest BCUT2D eigenvalue weighted by Crippen LogP contribution is 2.32. The van der Waals surface area contributed by atoms with Gasteiger partial charge in [0.2, 0.25) is 10.0 Å². The number of rotatable bonds is 4. The van der Waals surface area contributed by atoms with Crippen LogP contribution in [0.3, 0.4) is 0 Å². The van der Waals surface area contributed by atoms with Crippen LogP contribution in [0.15, 0.2) is 42.6 Å². The molecule has 3 N–H and O–H groups in total. The van der Waals surface area contributed by atoms with Crippen LogP contribution in [0.25, 0.3) is 10.2 Å². The van der Waals surface area contributed by atoms with Crippen LogP contribution in [0, 0.1) is 0 Å². The Morgan fingerprint density at radius 3 is 2.84 bits per heavy atom. The fourth-order valence-corrected chi connectivity index (χ4v) is 4.99. The number of carbonyl (C=O) groups is 1. The zero-order valence-corrected chi connectivity index (χ0v) is 15.1. The molecule has 1 aromatic carbocycles. The molecule has 0 bridgehead atoms. The summed E-state index contributed by atoms with van der Waals surface area (Å²) in [6.07, 6.45) is 3.56. The number of sulfonamides is 1. The Morgan fingerprint density at radius 1 is 1.28 bits per heavy atom. The van der Waals surface area contributed by atoms with Crippen molar-refractivity contribution in [3.63, 3.8) is 0 Å². The lowest BCUT2D eigenvalue weighted by molar-refractivity contribution is 0.0936. The number of H-pyrrole nitrogens is 1. The standard InChI is InChI=1S/C17H17N3O3S2/c1-25(22,23)20-16-11-5-3-2-4-10(11)8-13(16)19-17(21)15-9-12-14(24-15)6-7-18-12/h2-7,9,13,16,18,20H,8H2,1H3,(H,19,21). The zero-order valence-electron chi connectivity index (χ0n) is 13.4. The number of amides is 1. The minimum atomic E-state index is -3.40. The van der Waals surface area contributed by atoms with Gasteiger partial charge < -0.3 is 10.3 Å². The number of aromatic nitrogens is 1. The van der Waals surface area contributed by atoms with E-state index in [-0.39, 0.29) is 11.9 Å². The third-order valence-electron chi connectivity index (χ3n) is 4.35. The van der Waals surface area contributed by atoms with Crippen molar-refractivity contribution in [1.29, 1.82) is 0 Å². The van der Waals surface area contributed by atoms with Gasteiger partial charge in [-0.1, -0.05) is 24.3 Å². The van der Waals surface area contributed by atoms with Crippen LogP contribution in [0.1, 0.15) is 26.8 Å². The number of hydrogen-bond acceptors (Lipinski definition) is 4. The first kappa shape index (κ1) is 16.3. The Balaban J connectivity index is 1.60. The van der Waals surface area contributed by atoms with E-state index in [1.54, 1.807) is 0 Å². The summed E-state index contributed by atoms with van der Waals surface area (Å²) in [5.41, 5.74) is 2.89. The molecule has 1 amide bonds. The SMILES string of the molecule is CS(=O)(=O)NC1c2ccccc2CC1NC(=O)c1cc2[nH]ccc2s1. The quantitative estimate of drug-likeness (QED) is 0.653. The highest BCUT2D eigenvalue weighted by molar-refractivity contribution is 7.88. The highest BCUT2D eigenvalue weighted by Gasteiger charge is 2.35. The Morgan fingerprint density at radius 2 is 2.08 bits per heavy atom. The second-order valence-corrected chi connectivity index (χ2v) is 9.08. The smallest absolute Gasteiger partial charge is 0.261 e. The van der Waals surface area contributed by atoms with Gasteiger partial charge in [0.15, 0.2) is 0 Å². The average molecular weight is 375 g/mol. The van der Waals surface area contributed by atoms with E-state index in [1.165, 1.54) is 11.3 Å². The fraction of sp³-hybridized carbons (Fsp3) is 0.235. The van der Waals surface area contributed by atoms with Crippen LogP contribution in [0.5, 0.6) is 0 Å². The second-order valence-electron chi connectivity index (χ2n) is 6.22. The molecule has 2 unspecified atom stereocenters. The van der Waals surface area contributed by atoms with E-state index in [0.717, 1.165) is 27.6 Å². The van der Waals surface area contributed by atoms with E-state index in [2.05, 4.69) is 15.0 Å². The van der Waals surface area contributed by atoms with Crippen LogP contribution in [0.4, 0.5) is 0 Å². The summed E-state index contributed by atoms with van der Waals surface area (Å²) in [5.74, 6) is -0.187. The predicted octanol–water partition coefficient (Wildman–Crippen LogP) is 2.17. The van der Waals surface area contributed by atoms with Crippen LogP contribution in [-0.4, -0.2) is 31.6 Å². The summed E-state index contributed by atoms with van der Waals surface area (Å²) >= 11 is 1.41. The van der Waals surface area contributed by atoms with Crippen molar-refractivity contribution in [3.8, 4) is 0 Å². The van der Waals surface area contributed by atoms with Crippen LogP contribution in [0.2, 0.25) is 0 Å². The van der Waals surface area contributed by atoms with Gasteiger partial charge in [0.05, 0.1) is 33.4 Å². The molecular weight excluding hydrogens is 358 g/mol. The molecule has 0 aliphatic heterocycles. The van der Waals surface area contributed by atoms with Crippen molar-refractivity contribution in [2.24, 2.45) is 0 Å². The number of aromatic amines is 1. The summed E-state index contributed by atoms with van der Waals surface area (Å²) < 4.78 is 27.2. The number of nitrogens with one attached hydrogen (secondary N) is 3. The van der Waals surface area contributed by atoms with Crippen molar-refractivity contribution >= 4 is 37.5 Å². The molecule has 1 aliphatic rings. The van der Waals surface area contributed by atoms with Crippen molar-refractivity contribution < 1.29 is 13.2 Å². The third-order valence-corrected chi connectivity index (χ3v) is 6.13. The maximum absolute atomic E-state index is 12.6. The maximum atomic E-state index is 12.6. The zero-order chi connectivity index (χ0) is 17.6. The molecule has 2 aromatic heterocycles. The summed E-state index contributed by atoms with van der Waals surface area (Å²) in [7, 11) is -3.40. The molecule has 0 saturated carbocycles. The van der Waals surface area contributed by atoms with Crippen molar-refractivity contribution in [1.82, 2.24) is 15.0 Å². The number of carbonyl (C=O) groups excluding carboxylic acids is 1. The molecule has 2 heterocycles. The van der Waals surface area contributed by atoms with E-state index in [9.17, 15) is 13.2 Å². The number of benzene rings is 1. The first-order valence-corrected chi connectivity index (χ1v) is 10.5. The summed E-state index contributed by atoms with van der Waals surface area (Å²) in [5, 5.41) is 3.00. The van der Waals surface area contributed by atoms with Gasteiger partial charge in [0.1, 0.15) is 0 Å². The van der Waals surface area contributed by atoms with Gasteiger partial charge in [-0.25, -0.2) is 13.1 Å². The highest BCUT2D eigenvalue weighted by atomic mass is 32.2. The third kappa shape index (κ3) is 3.20. The van der Waals surface area contributed by atoms with Crippen molar-refractivity contribution in [3.05, 3.63) is 58.6 Å². The maximum Gasteiger partial charge on any atom is 0.261 e. The van der Waals surface area contributed by atoms with E-state index >= 15 is 0 Å². The molecule has 1 aliphatic carbocycles. The van der Waals surface area contributed by atoms with E-state index in [0.29, 0.717) is 11.3 Å². The van der Waals surface area contributed by atoms with Gasteiger partial charge in [-0.2, -0.15) is 0 Å². The van der Waals surface area contributed by atoms with Gasteiger partial charge >= 0.3 is 0 Å². The minimum Gasteiger partial charge on any atom is -0.360 e. The lowest BCUT2D eigenvalue weighted by atomic mass is 10.1. The van der Waals surface area contributed by atoms with Crippen LogP contribution in [-0.2, 0) is 16.4 Å². The second kappa shape index (κ2) is 5.98. The Labute approximate surface area is 149 Å². The molecule has 0 saturated heterocycles. The van der Waals surface area contributed by atoms with E-state index in [1.807, 2.05) is 42.6 Å². The summed E-state index contributed by atoms with van der Waals surface area (Å²) in [4.78, 5) is 16.3. The van der Waals surface area contributed by atoms with E-state index < -0.39 is 16.1 Å². The van der Waals surface area contributed by atoms with Gasteiger partial charge in [-0.15, -0.1) is 11.3 Å². The molecule has 0 radical (unpaired) electrons. The molecule has 0 fully saturated rings. The molecule has 0 spiro atoms. The first-order valence-electron chi connectivity index (χ1n) is 7.83. The predicted molar refractivity (Wildman–Crippen MR) is 98.3 cm³/mol. The largest absolute Gasteiger partial charge is 0.360 e. The van der Waals surface area contributed by atoms with Crippen molar-refractivity contribution in [2.45, 2.75) is 18.5 Å². The van der Waals surface area contributed by atoms with Crippen molar-refractivity contribution in [2.75, 3.05) is 6.26 Å². The minimum absolute atomic E-state index is 0.187. The lowest BCUT2D eigenvalue weighted by Crippen LogP contribution is -2.43. The van der Waals surface area contributed by atoms with Gasteiger partial charge in [-0.3, -0.25) is 4.79 Å². The van der Waals surface area contributed by atoms with Crippen LogP contribution >= 0.6 is 11.3 Å². The average Bonchev–Trinajstić information content (AvgIpc) is 3.20. The number of fused-ring (bicyclic) bond motifs is 2. The Bertz CT molecular complexity index is 1020. The van der Waals surface area contributed by atoms with Gasteiger partial charge in [0.25, 0.3) is 5.91 Å². The monoisotopic (exact) mass is 375 g/mol. The summed E-state index contributed by atoms with van der Waals surface area (Å²) in [6.45, 7) is 0. The molecular formula is C17H17N3O3S2. The van der Waals surface area contributed by atoms with E-state index in [4.69, 9.17) is 0 Å². The molecule has 25 heavy (non-hydrogen) atoms. The molecule has 8 heteroatoms. The Hall–Kier alpha value is -2.16. The lowest BCUT2D eigenvalue weighted by Gasteiger charge is -2.22. The molecule has 3 aromatic rings. The topological polar surface area (TPSA) is 91.1 Å². The van der Waals surface area contributed by atoms with Gasteiger partial charge in [-0.05, 0) is 29.7 Å². The molecule has 2 atom stereocenters. The molecule has 4 rings (SSSR count). The van der Waals surface area contributed by atoms with Crippen LogP contribution < -0.4 is 10.0 Å².